The lowest BCUT2D eigenvalue weighted by Gasteiger charge is -2.20. The molecular weight excluding hydrogens is 242 g/mol. The molecule has 1 atom stereocenters. The fraction of sp³-hybridized carbons (Fsp3) is 0.200. The van der Waals surface area contributed by atoms with Crippen LogP contribution in [0, 0.1) is 0 Å². The zero-order chi connectivity index (χ0) is 13.4. The van der Waals surface area contributed by atoms with E-state index in [4.69, 9.17) is 4.74 Å². The summed E-state index contributed by atoms with van der Waals surface area (Å²) in [5.74, 6) is 0.455. The molecule has 0 bridgehead atoms. The number of nitrogens with zero attached hydrogens (tertiary/aromatic N) is 1. The first-order valence-electron chi connectivity index (χ1n) is 6.17. The van der Waals surface area contributed by atoms with Crippen LogP contribution in [0.1, 0.15) is 23.7 Å². The normalized spacial score (nSPS) is 21.4. The van der Waals surface area contributed by atoms with Crippen LogP contribution in [0.25, 0.3) is 0 Å². The smallest absolute Gasteiger partial charge is 0.261 e. The number of carbonyl (C=O) groups excluding carboxylic acids is 2. The number of ketones is 1. The van der Waals surface area contributed by atoms with Crippen LogP contribution in [-0.2, 0) is 9.53 Å². The van der Waals surface area contributed by atoms with E-state index in [1.807, 2.05) is 18.2 Å². The Morgan fingerprint density at radius 2 is 2.05 bits per heavy atom. The molecule has 96 valence electrons. The lowest BCUT2D eigenvalue weighted by atomic mass is 10.1. The minimum absolute atomic E-state index is 0.0117. The number of allylic oxidation sites excluding steroid dienone is 2. The highest BCUT2D eigenvalue weighted by Crippen LogP contribution is 2.33. The molecule has 0 radical (unpaired) electrons. The van der Waals surface area contributed by atoms with Crippen LogP contribution in [-0.4, -0.2) is 22.8 Å². The third-order valence-corrected chi connectivity index (χ3v) is 3.20. The third-order valence-electron chi connectivity index (χ3n) is 3.20. The number of amides is 1. The average molecular weight is 255 g/mol. The van der Waals surface area contributed by atoms with Crippen LogP contribution in [0.15, 0.2) is 53.9 Å². The maximum atomic E-state index is 12.5. The van der Waals surface area contributed by atoms with Gasteiger partial charge in [-0.15, -0.1) is 0 Å². The Morgan fingerprint density at radius 3 is 2.79 bits per heavy atom. The minimum Gasteiger partial charge on any atom is -0.469 e. The first kappa shape index (κ1) is 11.7. The second-order valence-corrected chi connectivity index (χ2v) is 4.53. The number of carbonyl (C=O) groups is 2. The Kier molecular flexibility index (Phi) is 2.71. The number of fused-ring (bicyclic) bond motifs is 1. The van der Waals surface area contributed by atoms with Gasteiger partial charge in [-0.3, -0.25) is 14.5 Å². The summed E-state index contributed by atoms with van der Waals surface area (Å²) in [6.07, 6.45) is 3.15. The topological polar surface area (TPSA) is 46.6 Å². The monoisotopic (exact) mass is 255 g/mol. The van der Waals surface area contributed by atoms with Gasteiger partial charge in [0.25, 0.3) is 5.91 Å². The van der Waals surface area contributed by atoms with Crippen molar-refractivity contribution < 1.29 is 14.3 Å². The highest BCUT2D eigenvalue weighted by atomic mass is 16.5. The van der Waals surface area contributed by atoms with E-state index in [1.165, 1.54) is 11.0 Å². The van der Waals surface area contributed by atoms with Crippen molar-refractivity contribution in [2.45, 2.75) is 19.6 Å². The molecule has 4 nitrogen and oxygen atoms in total. The number of hydrogen-bond acceptors (Lipinski definition) is 3. The molecule has 0 aromatic heterocycles. The Hall–Kier alpha value is -2.36. The fourth-order valence-corrected chi connectivity index (χ4v) is 2.30. The Bertz CT molecular complexity index is 601. The van der Waals surface area contributed by atoms with Gasteiger partial charge >= 0.3 is 0 Å². The third kappa shape index (κ3) is 1.95. The van der Waals surface area contributed by atoms with E-state index >= 15 is 0 Å². The van der Waals surface area contributed by atoms with Crippen molar-refractivity contribution in [3.05, 3.63) is 59.5 Å². The molecule has 1 aromatic rings. The molecule has 1 aliphatic carbocycles. The van der Waals surface area contributed by atoms with Crippen LogP contribution in [0.2, 0.25) is 0 Å². The minimum atomic E-state index is -0.392. The van der Waals surface area contributed by atoms with Crippen LogP contribution >= 0.6 is 0 Å². The fourth-order valence-electron chi connectivity index (χ4n) is 2.30. The molecule has 1 heterocycles. The molecule has 1 aliphatic heterocycles. The van der Waals surface area contributed by atoms with Gasteiger partial charge in [-0.05, 0) is 25.1 Å². The van der Waals surface area contributed by atoms with Crippen molar-refractivity contribution in [2.24, 2.45) is 0 Å². The van der Waals surface area contributed by atoms with E-state index in [2.05, 4.69) is 0 Å². The van der Waals surface area contributed by atoms with Crippen molar-refractivity contribution >= 4 is 11.7 Å². The van der Waals surface area contributed by atoms with Crippen molar-refractivity contribution in [1.29, 1.82) is 0 Å². The zero-order valence-corrected chi connectivity index (χ0v) is 10.5. The van der Waals surface area contributed by atoms with Gasteiger partial charge in [0.1, 0.15) is 5.76 Å². The van der Waals surface area contributed by atoms with E-state index in [0.29, 0.717) is 23.4 Å². The maximum Gasteiger partial charge on any atom is 0.261 e. The molecule has 1 aromatic carbocycles. The van der Waals surface area contributed by atoms with Crippen molar-refractivity contribution in [3.63, 3.8) is 0 Å². The maximum absolute atomic E-state index is 12.5. The highest BCUT2D eigenvalue weighted by molar-refractivity contribution is 5.99. The van der Waals surface area contributed by atoms with Gasteiger partial charge in [0.15, 0.2) is 12.0 Å². The Morgan fingerprint density at radius 1 is 1.32 bits per heavy atom. The molecule has 4 heteroatoms. The van der Waals surface area contributed by atoms with Crippen LogP contribution < -0.4 is 0 Å². The summed E-state index contributed by atoms with van der Waals surface area (Å²) < 4.78 is 5.61. The predicted molar refractivity (Wildman–Crippen MR) is 68.9 cm³/mol. The lowest BCUT2D eigenvalue weighted by Crippen LogP contribution is -2.33. The second kappa shape index (κ2) is 4.39. The van der Waals surface area contributed by atoms with Crippen molar-refractivity contribution in [3.8, 4) is 0 Å². The van der Waals surface area contributed by atoms with Gasteiger partial charge in [-0.2, -0.15) is 0 Å². The number of rotatable bonds is 1. The molecule has 2 aliphatic rings. The first-order chi connectivity index (χ1) is 9.16. The summed E-state index contributed by atoms with van der Waals surface area (Å²) in [5.41, 5.74) is 1.15. The molecule has 1 amide bonds. The molecule has 19 heavy (non-hydrogen) atoms. The number of benzene rings is 1. The van der Waals surface area contributed by atoms with Crippen molar-refractivity contribution in [2.75, 3.05) is 0 Å². The van der Waals surface area contributed by atoms with Gasteiger partial charge in [-0.1, -0.05) is 18.2 Å². The molecule has 3 rings (SSSR count). The Labute approximate surface area is 111 Å². The largest absolute Gasteiger partial charge is 0.469 e. The standard InChI is InChI=1S/C15H13NO3/c1-10-16(15(18)11-5-3-2-4-6-11)13-9-12(17)7-8-14(13)19-10/h2-6,8-10H,7H2,1H3. The van der Waals surface area contributed by atoms with Crippen LogP contribution in [0.4, 0.5) is 0 Å². The average Bonchev–Trinajstić information content (AvgIpc) is 2.74. The summed E-state index contributed by atoms with van der Waals surface area (Å²) in [6.45, 7) is 1.80. The summed E-state index contributed by atoms with van der Waals surface area (Å²) in [6, 6.07) is 8.98. The van der Waals surface area contributed by atoms with Gasteiger partial charge in [0.2, 0.25) is 0 Å². The van der Waals surface area contributed by atoms with E-state index in [-0.39, 0.29) is 11.7 Å². The molecule has 0 N–H and O–H groups in total. The highest BCUT2D eigenvalue weighted by Gasteiger charge is 2.37. The molecule has 0 saturated carbocycles. The van der Waals surface area contributed by atoms with E-state index in [0.717, 1.165) is 0 Å². The quantitative estimate of drug-likeness (QED) is 0.773. The summed E-state index contributed by atoms with van der Waals surface area (Å²) in [5, 5.41) is 0. The summed E-state index contributed by atoms with van der Waals surface area (Å²) >= 11 is 0. The Balaban J connectivity index is 1.98. The summed E-state index contributed by atoms with van der Waals surface area (Å²) in [7, 11) is 0. The number of hydrogen-bond donors (Lipinski definition) is 0. The van der Waals surface area contributed by atoms with Gasteiger partial charge < -0.3 is 4.74 Å². The molecule has 1 unspecified atom stereocenters. The predicted octanol–water partition coefficient (Wildman–Crippen LogP) is 2.25. The van der Waals surface area contributed by atoms with E-state index in [9.17, 15) is 9.59 Å². The van der Waals surface area contributed by atoms with Gasteiger partial charge in [0.05, 0.1) is 5.70 Å². The van der Waals surface area contributed by atoms with Crippen molar-refractivity contribution in [1.82, 2.24) is 4.90 Å². The second-order valence-electron chi connectivity index (χ2n) is 4.53. The number of ether oxygens (including phenoxy) is 1. The van der Waals surface area contributed by atoms with E-state index < -0.39 is 6.23 Å². The SMILES string of the molecule is CC1OC2=CCC(=O)C=C2N1C(=O)c1ccccc1. The van der Waals surface area contributed by atoms with Crippen LogP contribution in [0.3, 0.4) is 0 Å². The molecular formula is C15H13NO3. The zero-order valence-electron chi connectivity index (χ0n) is 10.5. The molecule has 0 spiro atoms. The first-order valence-corrected chi connectivity index (χ1v) is 6.17. The summed E-state index contributed by atoms with van der Waals surface area (Å²) in [4.78, 5) is 25.5. The van der Waals surface area contributed by atoms with Gasteiger partial charge in [0, 0.05) is 18.1 Å². The molecule has 1 saturated heterocycles. The lowest BCUT2D eigenvalue weighted by molar-refractivity contribution is -0.114. The van der Waals surface area contributed by atoms with E-state index in [1.54, 1.807) is 25.1 Å². The van der Waals surface area contributed by atoms with Gasteiger partial charge in [-0.25, -0.2) is 0 Å². The molecule has 1 fully saturated rings. The van der Waals surface area contributed by atoms with Crippen LogP contribution in [0.5, 0.6) is 0 Å².